The molecule has 0 saturated heterocycles. The van der Waals surface area contributed by atoms with Crippen LogP contribution in [0.1, 0.15) is 32.3 Å². The van der Waals surface area contributed by atoms with Crippen molar-refractivity contribution in [2.45, 2.75) is 32.1 Å². The lowest BCUT2D eigenvalue weighted by molar-refractivity contribution is 0.461. The van der Waals surface area contributed by atoms with Crippen molar-refractivity contribution < 1.29 is 0 Å². The summed E-state index contributed by atoms with van der Waals surface area (Å²) in [5.74, 6) is 0. The third-order valence-electron chi connectivity index (χ3n) is 3.20. The van der Waals surface area contributed by atoms with Gasteiger partial charge in [0.2, 0.25) is 0 Å². The highest BCUT2D eigenvalue weighted by molar-refractivity contribution is 9.10. The first-order valence-electron chi connectivity index (χ1n) is 6.68. The molecule has 0 aliphatic heterocycles. The molecular formula is C15H25BrN2. The van der Waals surface area contributed by atoms with Gasteiger partial charge < -0.3 is 10.6 Å². The maximum absolute atomic E-state index is 3.64. The van der Waals surface area contributed by atoms with Crippen LogP contribution in [0.3, 0.4) is 0 Å². The Morgan fingerprint density at radius 2 is 1.78 bits per heavy atom. The number of benzene rings is 1. The number of hydrogen-bond acceptors (Lipinski definition) is 2. The predicted octanol–water partition coefficient (Wildman–Crippen LogP) is 3.32. The molecule has 1 aromatic rings. The van der Waals surface area contributed by atoms with Gasteiger partial charge in [0.25, 0.3) is 0 Å². The number of rotatable bonds is 8. The average Bonchev–Trinajstić information content (AvgIpc) is 2.34. The Bertz CT molecular complexity index is 350. The number of halogens is 1. The molecule has 0 saturated carbocycles. The van der Waals surface area contributed by atoms with Crippen molar-refractivity contribution in [1.82, 2.24) is 10.6 Å². The maximum Gasteiger partial charge on any atom is 0.0213 e. The van der Waals surface area contributed by atoms with E-state index in [0.29, 0.717) is 0 Å². The van der Waals surface area contributed by atoms with Gasteiger partial charge in [-0.2, -0.15) is 0 Å². The molecule has 0 spiro atoms. The van der Waals surface area contributed by atoms with E-state index in [0.717, 1.165) is 19.6 Å². The van der Waals surface area contributed by atoms with Crippen LogP contribution in [0, 0.1) is 0 Å². The summed E-state index contributed by atoms with van der Waals surface area (Å²) in [7, 11) is 2.00. The molecule has 18 heavy (non-hydrogen) atoms. The van der Waals surface area contributed by atoms with Gasteiger partial charge in [0.1, 0.15) is 0 Å². The largest absolute Gasteiger partial charge is 0.320 e. The first kappa shape index (κ1) is 15.7. The molecule has 0 aliphatic carbocycles. The van der Waals surface area contributed by atoms with Gasteiger partial charge in [-0.1, -0.05) is 48.0 Å². The summed E-state index contributed by atoms with van der Waals surface area (Å²) in [5, 5.41) is 6.74. The summed E-state index contributed by atoms with van der Waals surface area (Å²) < 4.78 is 1.20. The third kappa shape index (κ3) is 5.09. The number of unbranched alkanes of at least 4 members (excludes halogenated alkanes) is 1. The summed E-state index contributed by atoms with van der Waals surface area (Å²) in [6.45, 7) is 7.78. The van der Waals surface area contributed by atoms with Gasteiger partial charge >= 0.3 is 0 Å². The lowest BCUT2D eigenvalue weighted by atomic mass is 9.84. The summed E-state index contributed by atoms with van der Waals surface area (Å²) >= 11 is 3.64. The minimum absolute atomic E-state index is 0.156. The molecule has 0 bridgehead atoms. The van der Waals surface area contributed by atoms with E-state index in [1.165, 1.54) is 22.9 Å². The van der Waals surface area contributed by atoms with Crippen LogP contribution in [0.4, 0.5) is 0 Å². The molecule has 0 aliphatic rings. The second-order valence-electron chi connectivity index (χ2n) is 5.35. The van der Waals surface area contributed by atoms with Crippen LogP contribution in [-0.2, 0) is 5.41 Å². The van der Waals surface area contributed by atoms with Crippen molar-refractivity contribution in [2.75, 3.05) is 26.7 Å². The van der Waals surface area contributed by atoms with Crippen molar-refractivity contribution in [3.63, 3.8) is 0 Å². The Morgan fingerprint density at radius 3 is 2.44 bits per heavy atom. The van der Waals surface area contributed by atoms with Gasteiger partial charge in [0.15, 0.2) is 0 Å². The van der Waals surface area contributed by atoms with E-state index in [1.807, 2.05) is 7.05 Å². The Hall–Kier alpha value is -0.380. The minimum Gasteiger partial charge on any atom is -0.320 e. The van der Waals surface area contributed by atoms with Gasteiger partial charge in [-0.3, -0.25) is 0 Å². The van der Waals surface area contributed by atoms with Crippen LogP contribution in [0.5, 0.6) is 0 Å². The molecule has 0 aromatic heterocycles. The fourth-order valence-corrected chi connectivity index (χ4v) is 2.88. The molecule has 0 amide bonds. The molecule has 2 nitrogen and oxygen atoms in total. The first-order chi connectivity index (χ1) is 8.58. The molecule has 102 valence electrons. The molecule has 1 aromatic carbocycles. The van der Waals surface area contributed by atoms with Crippen molar-refractivity contribution >= 4 is 15.9 Å². The molecule has 3 heteroatoms. The van der Waals surface area contributed by atoms with E-state index in [9.17, 15) is 0 Å². The normalized spacial score (nSPS) is 11.8. The van der Waals surface area contributed by atoms with Crippen LogP contribution < -0.4 is 10.6 Å². The highest BCUT2D eigenvalue weighted by Crippen LogP contribution is 2.29. The maximum atomic E-state index is 3.64. The van der Waals surface area contributed by atoms with Gasteiger partial charge in [-0.15, -0.1) is 0 Å². The lowest BCUT2D eigenvalue weighted by Crippen LogP contribution is -2.34. The van der Waals surface area contributed by atoms with Crippen LogP contribution >= 0.6 is 15.9 Å². The molecule has 0 radical (unpaired) electrons. The molecular weight excluding hydrogens is 288 g/mol. The Labute approximate surface area is 120 Å². The molecule has 0 atom stereocenters. The summed E-state index contributed by atoms with van der Waals surface area (Å²) in [5.41, 5.74) is 1.52. The molecule has 0 unspecified atom stereocenters. The molecule has 2 N–H and O–H groups in total. The highest BCUT2D eigenvalue weighted by Gasteiger charge is 2.21. The van der Waals surface area contributed by atoms with Crippen molar-refractivity contribution in [1.29, 1.82) is 0 Å². The van der Waals surface area contributed by atoms with E-state index in [4.69, 9.17) is 0 Å². The van der Waals surface area contributed by atoms with E-state index in [2.05, 4.69) is 64.7 Å². The monoisotopic (exact) mass is 312 g/mol. The Balaban J connectivity index is 2.38. The van der Waals surface area contributed by atoms with Gasteiger partial charge in [0.05, 0.1) is 0 Å². The fraction of sp³-hybridized carbons (Fsp3) is 0.600. The van der Waals surface area contributed by atoms with E-state index < -0.39 is 0 Å². The fourth-order valence-electron chi connectivity index (χ4n) is 2.06. The Kier molecular flexibility index (Phi) is 6.90. The van der Waals surface area contributed by atoms with E-state index >= 15 is 0 Å². The summed E-state index contributed by atoms with van der Waals surface area (Å²) in [6, 6.07) is 8.49. The highest BCUT2D eigenvalue weighted by atomic mass is 79.9. The van der Waals surface area contributed by atoms with Crippen LogP contribution in [0.2, 0.25) is 0 Å². The van der Waals surface area contributed by atoms with Gasteiger partial charge in [-0.25, -0.2) is 0 Å². The van der Waals surface area contributed by atoms with Crippen LogP contribution in [-0.4, -0.2) is 26.7 Å². The topological polar surface area (TPSA) is 24.1 Å². The third-order valence-corrected chi connectivity index (χ3v) is 3.89. The van der Waals surface area contributed by atoms with E-state index in [-0.39, 0.29) is 5.41 Å². The smallest absolute Gasteiger partial charge is 0.0213 e. The average molecular weight is 313 g/mol. The minimum atomic E-state index is 0.156. The predicted molar refractivity (Wildman–Crippen MR) is 83.2 cm³/mol. The molecule has 0 heterocycles. The Morgan fingerprint density at radius 1 is 1.11 bits per heavy atom. The van der Waals surface area contributed by atoms with Gasteiger partial charge in [-0.05, 0) is 44.6 Å². The van der Waals surface area contributed by atoms with Crippen LogP contribution in [0.15, 0.2) is 28.7 Å². The SMILES string of the molecule is CNCCCCNCC(C)(C)c1ccccc1Br. The van der Waals surface area contributed by atoms with E-state index in [1.54, 1.807) is 0 Å². The zero-order chi connectivity index (χ0) is 13.4. The van der Waals surface area contributed by atoms with Crippen molar-refractivity contribution in [3.8, 4) is 0 Å². The van der Waals surface area contributed by atoms with Crippen molar-refractivity contribution in [3.05, 3.63) is 34.3 Å². The quantitative estimate of drug-likeness (QED) is 0.720. The molecule has 1 rings (SSSR count). The van der Waals surface area contributed by atoms with Crippen molar-refractivity contribution in [2.24, 2.45) is 0 Å². The second kappa shape index (κ2) is 7.93. The standard InChI is InChI=1S/C15H25BrN2/c1-15(2,12-18-11-7-6-10-17-3)13-8-4-5-9-14(13)16/h4-5,8-9,17-18H,6-7,10-12H2,1-3H3. The molecule has 0 fully saturated rings. The first-order valence-corrected chi connectivity index (χ1v) is 7.47. The zero-order valence-electron chi connectivity index (χ0n) is 11.7. The zero-order valence-corrected chi connectivity index (χ0v) is 13.3. The number of nitrogens with one attached hydrogen (secondary N) is 2. The van der Waals surface area contributed by atoms with Crippen LogP contribution in [0.25, 0.3) is 0 Å². The van der Waals surface area contributed by atoms with Gasteiger partial charge in [0, 0.05) is 16.4 Å². The second-order valence-corrected chi connectivity index (χ2v) is 6.21. The lowest BCUT2D eigenvalue weighted by Gasteiger charge is -2.27. The number of hydrogen-bond donors (Lipinski definition) is 2. The summed E-state index contributed by atoms with van der Waals surface area (Å²) in [4.78, 5) is 0. The summed E-state index contributed by atoms with van der Waals surface area (Å²) in [6.07, 6.45) is 2.46.